The fourth-order valence-electron chi connectivity index (χ4n) is 3.97. The molecule has 6 nitrogen and oxygen atoms in total. The Balaban J connectivity index is 2.16. The van der Waals surface area contributed by atoms with E-state index in [1.165, 1.54) is 0 Å². The number of carbonyl (C=O) groups is 3. The van der Waals surface area contributed by atoms with E-state index in [-0.39, 0.29) is 36.2 Å². The molecule has 0 saturated carbocycles. The van der Waals surface area contributed by atoms with Crippen LogP contribution in [-0.4, -0.2) is 54.1 Å². The number of hydrogen-bond acceptors (Lipinski definition) is 6. The number of rotatable bonds is 10. The summed E-state index contributed by atoms with van der Waals surface area (Å²) in [7, 11) is 0. The normalized spacial score (nSPS) is 16.1. The van der Waals surface area contributed by atoms with Crippen molar-refractivity contribution in [1.82, 2.24) is 0 Å². The molecule has 0 atom stereocenters. The molecule has 0 N–H and O–H groups in total. The third-order valence-corrected chi connectivity index (χ3v) is 5.77. The number of anilines is 1. The molecule has 0 unspecified atom stereocenters. The highest BCUT2D eigenvalue weighted by molar-refractivity contribution is 6.52. The molecule has 0 heterocycles. The Kier molecular flexibility index (Phi) is 9.68. The lowest BCUT2D eigenvalue weighted by molar-refractivity contribution is -0.136. The Morgan fingerprint density at radius 3 is 2.21 bits per heavy atom. The summed E-state index contributed by atoms with van der Waals surface area (Å²) in [5.41, 5.74) is 1.03. The van der Waals surface area contributed by atoms with E-state index >= 15 is 0 Å². The Morgan fingerprint density at radius 1 is 1.12 bits per heavy atom. The summed E-state index contributed by atoms with van der Waals surface area (Å²) in [5.74, 6) is 0.460. The lowest BCUT2D eigenvalue weighted by atomic mass is 9.72. The number of ketones is 2. The summed E-state index contributed by atoms with van der Waals surface area (Å²) < 4.78 is 5.53. The SMILES string of the molecule is CC1=C(C(C)(C)CC(=O)Oc2ccc(N(CCCl)CCCl)cc2)C(=O)C(=NC(C)C)CC1=O. The van der Waals surface area contributed by atoms with Gasteiger partial charge in [-0.05, 0) is 45.0 Å². The van der Waals surface area contributed by atoms with Crippen LogP contribution in [0.25, 0.3) is 0 Å². The first kappa shape index (κ1) is 27.1. The highest BCUT2D eigenvalue weighted by Gasteiger charge is 2.40. The van der Waals surface area contributed by atoms with Gasteiger partial charge < -0.3 is 9.64 Å². The monoisotopic (exact) mass is 494 g/mol. The van der Waals surface area contributed by atoms with Crippen LogP contribution in [0.2, 0.25) is 0 Å². The quantitative estimate of drug-likeness (QED) is 0.259. The van der Waals surface area contributed by atoms with Crippen LogP contribution in [0.3, 0.4) is 0 Å². The summed E-state index contributed by atoms with van der Waals surface area (Å²) in [6.45, 7) is 10.2. The van der Waals surface area contributed by atoms with Gasteiger partial charge in [0.2, 0.25) is 5.78 Å². The minimum Gasteiger partial charge on any atom is -0.427 e. The maximum absolute atomic E-state index is 13.1. The second-order valence-electron chi connectivity index (χ2n) is 8.99. The average molecular weight is 495 g/mol. The Labute approximate surface area is 206 Å². The van der Waals surface area contributed by atoms with Crippen LogP contribution in [0.4, 0.5) is 5.69 Å². The van der Waals surface area contributed by atoms with Crippen LogP contribution >= 0.6 is 23.2 Å². The van der Waals surface area contributed by atoms with E-state index in [2.05, 4.69) is 4.99 Å². The van der Waals surface area contributed by atoms with Crippen LogP contribution in [-0.2, 0) is 14.4 Å². The van der Waals surface area contributed by atoms with Crippen molar-refractivity contribution in [2.45, 2.75) is 53.5 Å². The molecule has 0 radical (unpaired) electrons. The molecular formula is C25H32Cl2N2O4. The van der Waals surface area contributed by atoms with E-state index in [1.807, 2.05) is 30.9 Å². The number of allylic oxidation sites excluding steroid dienone is 2. The molecule has 0 fully saturated rings. The first-order chi connectivity index (χ1) is 15.5. The van der Waals surface area contributed by atoms with E-state index in [0.29, 0.717) is 41.7 Å². The molecule has 0 aliphatic heterocycles. The number of ether oxygens (including phenoxy) is 1. The van der Waals surface area contributed by atoms with Crippen molar-refractivity contribution in [3.63, 3.8) is 0 Å². The Morgan fingerprint density at radius 2 is 1.70 bits per heavy atom. The standard InChI is InChI=1S/C25H32Cl2N2O4/c1-16(2)28-20-14-21(30)17(3)23(24(20)32)25(4,5)15-22(31)33-19-8-6-18(7-9-19)29(12-10-26)13-11-27/h6-9,16H,10-15H2,1-5H3. The van der Waals surface area contributed by atoms with Gasteiger partial charge in [0.15, 0.2) is 5.78 Å². The number of Topliss-reactive ketones (excluding diaryl/α,β-unsaturated/α-hetero) is 2. The molecule has 1 aromatic rings. The van der Waals surface area contributed by atoms with E-state index < -0.39 is 11.4 Å². The van der Waals surface area contributed by atoms with Crippen molar-refractivity contribution >= 4 is 52.1 Å². The lowest BCUT2D eigenvalue weighted by Gasteiger charge is -2.31. The molecule has 1 aliphatic rings. The van der Waals surface area contributed by atoms with E-state index in [9.17, 15) is 14.4 Å². The van der Waals surface area contributed by atoms with Gasteiger partial charge in [-0.25, -0.2) is 0 Å². The number of halogens is 2. The van der Waals surface area contributed by atoms with E-state index in [4.69, 9.17) is 27.9 Å². The number of carbonyl (C=O) groups excluding carboxylic acids is 3. The fourth-order valence-corrected chi connectivity index (χ4v) is 4.37. The van der Waals surface area contributed by atoms with Crippen molar-refractivity contribution in [2.24, 2.45) is 10.4 Å². The number of hydrogen-bond donors (Lipinski definition) is 0. The molecule has 0 saturated heterocycles. The predicted octanol–water partition coefficient (Wildman–Crippen LogP) is 5.00. The van der Waals surface area contributed by atoms with Crippen LogP contribution in [0.1, 0.15) is 47.5 Å². The third-order valence-electron chi connectivity index (χ3n) is 5.43. The van der Waals surface area contributed by atoms with Gasteiger partial charge >= 0.3 is 5.97 Å². The number of nitrogens with zero attached hydrogens (tertiary/aromatic N) is 2. The first-order valence-corrected chi connectivity index (χ1v) is 12.1. The highest BCUT2D eigenvalue weighted by Crippen LogP contribution is 2.37. The van der Waals surface area contributed by atoms with Crippen LogP contribution in [0.5, 0.6) is 5.75 Å². The van der Waals surface area contributed by atoms with Gasteiger partial charge in [0.1, 0.15) is 5.75 Å². The molecule has 0 spiro atoms. The van der Waals surface area contributed by atoms with Crippen molar-refractivity contribution in [3.05, 3.63) is 35.4 Å². The molecule has 8 heteroatoms. The number of alkyl halides is 2. The molecular weight excluding hydrogens is 463 g/mol. The third kappa shape index (κ3) is 7.15. The topological polar surface area (TPSA) is 76.0 Å². The minimum absolute atomic E-state index is 0.00365. The van der Waals surface area contributed by atoms with Gasteiger partial charge in [0.25, 0.3) is 0 Å². The van der Waals surface area contributed by atoms with Gasteiger partial charge in [-0.1, -0.05) is 13.8 Å². The van der Waals surface area contributed by atoms with Crippen LogP contribution < -0.4 is 9.64 Å². The van der Waals surface area contributed by atoms with Crippen molar-refractivity contribution in [2.75, 3.05) is 29.7 Å². The van der Waals surface area contributed by atoms with Gasteiger partial charge in [-0.15, -0.1) is 23.2 Å². The van der Waals surface area contributed by atoms with E-state index in [1.54, 1.807) is 32.9 Å². The molecule has 1 aliphatic carbocycles. The summed E-state index contributed by atoms with van der Waals surface area (Å²) >= 11 is 11.7. The zero-order chi connectivity index (χ0) is 24.8. The van der Waals surface area contributed by atoms with Gasteiger partial charge in [-0.2, -0.15) is 0 Å². The Bertz CT molecular complexity index is 944. The number of esters is 1. The van der Waals surface area contributed by atoms with E-state index in [0.717, 1.165) is 5.69 Å². The maximum atomic E-state index is 13.1. The second-order valence-corrected chi connectivity index (χ2v) is 9.75. The molecule has 180 valence electrons. The smallest absolute Gasteiger partial charge is 0.312 e. The van der Waals surface area contributed by atoms with Crippen LogP contribution in [0, 0.1) is 5.41 Å². The fraction of sp³-hybridized carbons (Fsp3) is 0.520. The summed E-state index contributed by atoms with van der Waals surface area (Å²) in [6, 6.07) is 7.01. The lowest BCUT2D eigenvalue weighted by Crippen LogP contribution is -2.37. The second kappa shape index (κ2) is 11.8. The molecule has 0 amide bonds. The largest absolute Gasteiger partial charge is 0.427 e. The van der Waals surface area contributed by atoms with Gasteiger partial charge in [-0.3, -0.25) is 19.4 Å². The van der Waals surface area contributed by atoms with Gasteiger partial charge in [0.05, 0.1) is 18.6 Å². The average Bonchev–Trinajstić information content (AvgIpc) is 2.71. The summed E-state index contributed by atoms with van der Waals surface area (Å²) in [4.78, 5) is 44.7. The summed E-state index contributed by atoms with van der Waals surface area (Å²) in [5, 5.41) is 0. The molecule has 33 heavy (non-hydrogen) atoms. The van der Waals surface area contributed by atoms with Crippen molar-refractivity contribution in [3.8, 4) is 5.75 Å². The molecule has 2 rings (SSSR count). The number of aliphatic imine (C=N–C) groups is 1. The zero-order valence-corrected chi connectivity index (χ0v) is 21.4. The maximum Gasteiger partial charge on any atom is 0.312 e. The Hall–Kier alpha value is -2.18. The molecule has 0 aromatic heterocycles. The van der Waals surface area contributed by atoms with Crippen molar-refractivity contribution < 1.29 is 19.1 Å². The van der Waals surface area contributed by atoms with Gasteiger partial charge in [0, 0.05) is 53.1 Å². The molecule has 0 bridgehead atoms. The zero-order valence-electron chi connectivity index (χ0n) is 19.9. The minimum atomic E-state index is -0.885. The summed E-state index contributed by atoms with van der Waals surface area (Å²) in [6.07, 6.45) is -0.0519. The number of benzene rings is 1. The molecule has 1 aromatic carbocycles. The highest BCUT2D eigenvalue weighted by atomic mass is 35.5. The van der Waals surface area contributed by atoms with Crippen molar-refractivity contribution in [1.29, 1.82) is 0 Å². The van der Waals surface area contributed by atoms with Crippen LogP contribution in [0.15, 0.2) is 40.4 Å². The predicted molar refractivity (Wildman–Crippen MR) is 134 cm³/mol. The first-order valence-electron chi connectivity index (χ1n) is 11.0.